The van der Waals surface area contributed by atoms with Crippen molar-refractivity contribution in [2.45, 2.75) is 13.5 Å². The van der Waals surface area contributed by atoms with Crippen molar-refractivity contribution < 1.29 is 9.53 Å². The molecule has 0 bridgehead atoms. The van der Waals surface area contributed by atoms with Gasteiger partial charge in [-0.25, -0.2) is 0 Å². The van der Waals surface area contributed by atoms with E-state index in [4.69, 9.17) is 10.5 Å². The minimum atomic E-state index is -0.145. The minimum absolute atomic E-state index is 0. The Labute approximate surface area is 157 Å². The van der Waals surface area contributed by atoms with Gasteiger partial charge in [0.2, 0.25) is 0 Å². The molecule has 2 aromatic rings. The lowest BCUT2D eigenvalue weighted by atomic mass is 10.1. The van der Waals surface area contributed by atoms with Crippen LogP contribution in [0, 0.1) is 5.92 Å². The highest BCUT2D eigenvalue weighted by Crippen LogP contribution is 2.22. The summed E-state index contributed by atoms with van der Waals surface area (Å²) in [6.07, 6.45) is 0. The van der Waals surface area contributed by atoms with Gasteiger partial charge in [0.1, 0.15) is 12.4 Å². The summed E-state index contributed by atoms with van der Waals surface area (Å²) in [5, 5.41) is 2.89. The third-order valence-corrected chi connectivity index (χ3v) is 4.26. The average molecular weight is 414 g/mol. The minimum Gasteiger partial charge on any atom is -0.488 e. The zero-order valence-corrected chi connectivity index (χ0v) is 15.9. The van der Waals surface area contributed by atoms with E-state index in [-0.39, 0.29) is 24.2 Å². The van der Waals surface area contributed by atoms with E-state index in [9.17, 15) is 4.79 Å². The molecular weight excluding hydrogens is 392 g/mol. The molecule has 1 amide bonds. The van der Waals surface area contributed by atoms with Gasteiger partial charge in [-0.15, -0.1) is 12.4 Å². The molecule has 2 rings (SSSR count). The monoisotopic (exact) mass is 412 g/mol. The summed E-state index contributed by atoms with van der Waals surface area (Å²) in [4.78, 5) is 12.3. The van der Waals surface area contributed by atoms with Crippen LogP contribution in [0.4, 0.5) is 0 Å². The predicted molar refractivity (Wildman–Crippen MR) is 103 cm³/mol. The van der Waals surface area contributed by atoms with Crippen molar-refractivity contribution in [3.63, 3.8) is 0 Å². The summed E-state index contributed by atoms with van der Waals surface area (Å²) >= 11 is 3.49. The first-order valence-electron chi connectivity index (χ1n) is 7.55. The van der Waals surface area contributed by atoms with Gasteiger partial charge in [-0.3, -0.25) is 4.79 Å². The van der Waals surface area contributed by atoms with Gasteiger partial charge in [0.05, 0.1) is 5.56 Å². The Morgan fingerprint density at radius 2 is 1.88 bits per heavy atom. The Morgan fingerprint density at radius 1 is 1.21 bits per heavy atom. The van der Waals surface area contributed by atoms with Gasteiger partial charge in [-0.2, -0.15) is 0 Å². The molecule has 0 saturated carbocycles. The molecule has 0 radical (unpaired) electrons. The highest BCUT2D eigenvalue weighted by molar-refractivity contribution is 9.10. The Kier molecular flexibility index (Phi) is 8.82. The number of para-hydroxylation sites is 1. The topological polar surface area (TPSA) is 64.3 Å². The second kappa shape index (κ2) is 10.3. The number of carbonyl (C=O) groups is 1. The maximum absolute atomic E-state index is 12.3. The van der Waals surface area contributed by atoms with E-state index >= 15 is 0 Å². The van der Waals surface area contributed by atoms with E-state index in [2.05, 4.69) is 21.2 Å². The molecule has 0 heterocycles. The fraction of sp³-hybridized carbons (Fsp3) is 0.278. The van der Waals surface area contributed by atoms with Gasteiger partial charge in [0.25, 0.3) is 5.91 Å². The van der Waals surface area contributed by atoms with Gasteiger partial charge < -0.3 is 15.8 Å². The number of benzene rings is 2. The zero-order valence-electron chi connectivity index (χ0n) is 13.5. The molecule has 6 heteroatoms. The van der Waals surface area contributed by atoms with E-state index < -0.39 is 0 Å². The van der Waals surface area contributed by atoms with E-state index in [1.54, 1.807) is 12.1 Å². The summed E-state index contributed by atoms with van der Waals surface area (Å²) in [6, 6.07) is 15.1. The molecule has 1 atom stereocenters. The van der Waals surface area contributed by atoms with Gasteiger partial charge >= 0.3 is 0 Å². The molecule has 1 unspecified atom stereocenters. The maximum Gasteiger partial charge on any atom is 0.255 e. The normalized spacial score (nSPS) is 11.3. The molecule has 0 fully saturated rings. The van der Waals surface area contributed by atoms with Crippen molar-refractivity contribution in [1.82, 2.24) is 5.32 Å². The van der Waals surface area contributed by atoms with Crippen LogP contribution in [0.5, 0.6) is 5.75 Å². The first-order chi connectivity index (χ1) is 11.1. The standard InChI is InChI=1S/C18H21BrN2O2.ClH/c1-13(10-20)11-21-18(22)15-7-3-5-9-17(15)23-12-14-6-2-4-8-16(14)19;/h2-9,13H,10-12,20H2,1H3,(H,21,22);1H. The lowest BCUT2D eigenvalue weighted by molar-refractivity contribution is 0.0944. The van der Waals surface area contributed by atoms with Crippen LogP contribution in [0.3, 0.4) is 0 Å². The first kappa shape index (κ1) is 20.5. The van der Waals surface area contributed by atoms with Gasteiger partial charge in [0.15, 0.2) is 0 Å². The van der Waals surface area contributed by atoms with Crippen molar-refractivity contribution in [2.24, 2.45) is 11.7 Å². The van der Waals surface area contributed by atoms with Crippen molar-refractivity contribution >= 4 is 34.2 Å². The summed E-state index contributed by atoms with van der Waals surface area (Å²) in [7, 11) is 0. The van der Waals surface area contributed by atoms with Crippen LogP contribution in [0.15, 0.2) is 53.0 Å². The van der Waals surface area contributed by atoms with Crippen LogP contribution in [0.1, 0.15) is 22.8 Å². The molecule has 0 spiro atoms. The number of amides is 1. The molecule has 0 aliphatic rings. The molecule has 2 aromatic carbocycles. The van der Waals surface area contributed by atoms with E-state index in [0.29, 0.717) is 31.0 Å². The predicted octanol–water partition coefficient (Wildman–Crippen LogP) is 3.77. The Balaban J connectivity index is 0.00000288. The first-order valence-corrected chi connectivity index (χ1v) is 8.34. The molecular formula is C18H22BrClN2O2. The van der Waals surface area contributed by atoms with Crippen molar-refractivity contribution in [1.29, 1.82) is 0 Å². The Bertz CT molecular complexity index is 667. The van der Waals surface area contributed by atoms with E-state index in [1.165, 1.54) is 0 Å². The second-order valence-corrected chi connectivity index (χ2v) is 6.28. The van der Waals surface area contributed by atoms with Crippen LogP contribution >= 0.6 is 28.3 Å². The number of hydrogen-bond donors (Lipinski definition) is 2. The SMILES string of the molecule is CC(CN)CNC(=O)c1ccccc1OCc1ccccc1Br.Cl. The Morgan fingerprint density at radius 3 is 2.58 bits per heavy atom. The van der Waals surface area contributed by atoms with Crippen LogP contribution < -0.4 is 15.8 Å². The van der Waals surface area contributed by atoms with Gasteiger partial charge in [-0.1, -0.05) is 53.2 Å². The average Bonchev–Trinajstić information content (AvgIpc) is 2.59. The number of halogens is 2. The van der Waals surface area contributed by atoms with Crippen LogP contribution in [0.2, 0.25) is 0 Å². The molecule has 3 N–H and O–H groups in total. The number of nitrogens with one attached hydrogen (secondary N) is 1. The maximum atomic E-state index is 12.3. The quantitative estimate of drug-likeness (QED) is 0.726. The summed E-state index contributed by atoms with van der Waals surface area (Å²) < 4.78 is 6.83. The molecule has 0 saturated heterocycles. The number of hydrogen-bond acceptors (Lipinski definition) is 3. The highest BCUT2D eigenvalue weighted by Gasteiger charge is 2.13. The number of carbonyl (C=O) groups excluding carboxylic acids is 1. The fourth-order valence-electron chi connectivity index (χ4n) is 2.00. The summed E-state index contributed by atoms with van der Waals surface area (Å²) in [5.41, 5.74) is 7.13. The second-order valence-electron chi connectivity index (χ2n) is 5.43. The van der Waals surface area contributed by atoms with Crippen LogP contribution in [-0.4, -0.2) is 19.0 Å². The molecule has 0 aliphatic carbocycles. The third kappa shape index (κ3) is 5.82. The van der Waals surface area contributed by atoms with Crippen molar-refractivity contribution in [3.8, 4) is 5.75 Å². The fourth-order valence-corrected chi connectivity index (χ4v) is 2.40. The smallest absolute Gasteiger partial charge is 0.255 e. The van der Waals surface area contributed by atoms with Crippen molar-refractivity contribution in [2.75, 3.05) is 13.1 Å². The van der Waals surface area contributed by atoms with E-state index in [1.807, 2.05) is 43.3 Å². The summed E-state index contributed by atoms with van der Waals surface area (Å²) in [5.74, 6) is 0.668. The van der Waals surface area contributed by atoms with Crippen LogP contribution in [-0.2, 0) is 6.61 Å². The Hall–Kier alpha value is -1.56. The number of rotatable bonds is 7. The highest BCUT2D eigenvalue weighted by atomic mass is 79.9. The lowest BCUT2D eigenvalue weighted by Crippen LogP contribution is -2.31. The number of ether oxygens (including phenoxy) is 1. The van der Waals surface area contributed by atoms with Crippen LogP contribution in [0.25, 0.3) is 0 Å². The molecule has 0 aliphatic heterocycles. The molecule has 130 valence electrons. The number of nitrogens with two attached hydrogens (primary N) is 1. The van der Waals surface area contributed by atoms with Gasteiger partial charge in [0, 0.05) is 16.6 Å². The molecule has 4 nitrogen and oxygen atoms in total. The molecule has 0 aromatic heterocycles. The van der Waals surface area contributed by atoms with Crippen molar-refractivity contribution in [3.05, 3.63) is 64.1 Å². The third-order valence-electron chi connectivity index (χ3n) is 3.49. The van der Waals surface area contributed by atoms with Gasteiger partial charge in [-0.05, 0) is 30.7 Å². The molecule has 24 heavy (non-hydrogen) atoms. The zero-order chi connectivity index (χ0) is 16.7. The lowest BCUT2D eigenvalue weighted by Gasteiger charge is -2.14. The van der Waals surface area contributed by atoms with E-state index in [0.717, 1.165) is 10.0 Å². The summed E-state index contributed by atoms with van der Waals surface area (Å²) in [6.45, 7) is 3.48. The largest absolute Gasteiger partial charge is 0.488 e.